The third-order valence-corrected chi connectivity index (χ3v) is 4.72. The van der Waals surface area contributed by atoms with Crippen molar-refractivity contribution in [2.75, 3.05) is 11.9 Å². The predicted molar refractivity (Wildman–Crippen MR) is 95.4 cm³/mol. The van der Waals surface area contributed by atoms with Gasteiger partial charge in [-0.1, -0.05) is 24.9 Å². The summed E-state index contributed by atoms with van der Waals surface area (Å²) in [6, 6.07) is 1.49. The van der Waals surface area contributed by atoms with Crippen molar-refractivity contribution in [2.24, 2.45) is 0 Å². The van der Waals surface area contributed by atoms with Crippen molar-refractivity contribution in [1.29, 1.82) is 0 Å². The summed E-state index contributed by atoms with van der Waals surface area (Å²) in [5, 5.41) is 10.1. The highest BCUT2D eigenvalue weighted by Crippen LogP contribution is 2.25. The lowest BCUT2D eigenvalue weighted by Crippen LogP contribution is -2.43. The van der Waals surface area contributed by atoms with Gasteiger partial charge in [-0.2, -0.15) is 0 Å². The van der Waals surface area contributed by atoms with Crippen LogP contribution in [-0.4, -0.2) is 33.2 Å². The van der Waals surface area contributed by atoms with Crippen LogP contribution in [0.15, 0.2) is 23.0 Å². The molecule has 0 radical (unpaired) electrons. The number of aryl methyl sites for hydroxylation is 2. The summed E-state index contributed by atoms with van der Waals surface area (Å²) in [5.74, 6) is 2.58. The van der Waals surface area contributed by atoms with Crippen molar-refractivity contribution in [3.05, 3.63) is 30.0 Å². The fraction of sp³-hybridized carbons (Fsp3) is 0.611. The first-order valence-corrected chi connectivity index (χ1v) is 9.16. The van der Waals surface area contributed by atoms with Gasteiger partial charge in [-0.3, -0.25) is 4.79 Å². The van der Waals surface area contributed by atoms with Crippen LogP contribution in [0.4, 0.5) is 5.82 Å². The Bertz CT molecular complexity index is 693. The average molecular weight is 345 g/mol. The average Bonchev–Trinajstić information content (AvgIpc) is 3.24. The predicted octanol–water partition coefficient (Wildman–Crippen LogP) is 2.84. The third kappa shape index (κ3) is 4.48. The van der Waals surface area contributed by atoms with Crippen LogP contribution in [0.3, 0.4) is 0 Å². The number of fused-ring (bicyclic) bond motifs is 1. The van der Waals surface area contributed by atoms with Crippen molar-refractivity contribution in [3.8, 4) is 0 Å². The first-order chi connectivity index (χ1) is 12.2. The van der Waals surface area contributed by atoms with E-state index >= 15 is 0 Å². The summed E-state index contributed by atoms with van der Waals surface area (Å²) in [4.78, 5) is 17.1. The highest BCUT2D eigenvalue weighted by atomic mass is 16.5. The van der Waals surface area contributed by atoms with E-state index < -0.39 is 0 Å². The van der Waals surface area contributed by atoms with Crippen LogP contribution in [0.25, 0.3) is 0 Å². The largest absolute Gasteiger partial charge is 0.360 e. The Morgan fingerprint density at radius 3 is 3.16 bits per heavy atom. The molecule has 1 amide bonds. The van der Waals surface area contributed by atoms with Gasteiger partial charge < -0.3 is 19.7 Å². The molecule has 1 aliphatic rings. The minimum absolute atomic E-state index is 0.0547. The molecule has 2 aromatic heterocycles. The topological polar surface area (TPSA) is 85.0 Å². The fourth-order valence-electron chi connectivity index (χ4n) is 3.36. The zero-order valence-electron chi connectivity index (χ0n) is 15.0. The summed E-state index contributed by atoms with van der Waals surface area (Å²) in [6.45, 7) is 5.74. The number of rotatable bonds is 8. The van der Waals surface area contributed by atoms with Crippen molar-refractivity contribution in [2.45, 2.75) is 64.5 Å². The van der Waals surface area contributed by atoms with Gasteiger partial charge in [-0.25, -0.2) is 4.98 Å². The lowest BCUT2D eigenvalue weighted by Gasteiger charge is -2.26. The number of hydrogen-bond donors (Lipinski definition) is 2. The van der Waals surface area contributed by atoms with Crippen molar-refractivity contribution in [3.63, 3.8) is 0 Å². The first-order valence-electron chi connectivity index (χ1n) is 9.16. The second-order valence-corrected chi connectivity index (χ2v) is 6.73. The van der Waals surface area contributed by atoms with E-state index in [2.05, 4.69) is 32.3 Å². The number of hydrogen-bond acceptors (Lipinski definition) is 5. The monoisotopic (exact) mass is 345 g/mol. The van der Waals surface area contributed by atoms with Crippen LogP contribution < -0.4 is 10.6 Å². The summed E-state index contributed by atoms with van der Waals surface area (Å²) in [7, 11) is 0. The molecule has 3 heterocycles. The Hall–Kier alpha value is -2.15. The van der Waals surface area contributed by atoms with Crippen LogP contribution in [0.1, 0.15) is 56.5 Å². The Morgan fingerprint density at radius 2 is 2.40 bits per heavy atom. The number of carbonyl (C=O) groups excluding carboxylic acids is 1. The molecule has 2 atom stereocenters. The normalized spacial score (nSPS) is 17.9. The highest BCUT2D eigenvalue weighted by molar-refractivity contribution is 5.94. The van der Waals surface area contributed by atoms with Crippen molar-refractivity contribution < 1.29 is 9.32 Å². The van der Waals surface area contributed by atoms with Crippen LogP contribution in [0.5, 0.6) is 0 Å². The minimum Gasteiger partial charge on any atom is -0.360 e. The maximum Gasteiger partial charge on any atom is 0.242 e. The molecule has 0 spiro atoms. The minimum atomic E-state index is -0.234. The second-order valence-electron chi connectivity index (χ2n) is 6.73. The van der Waals surface area contributed by atoms with E-state index in [-0.39, 0.29) is 11.9 Å². The van der Waals surface area contributed by atoms with Gasteiger partial charge in [0.1, 0.15) is 11.6 Å². The number of nitrogens with zero attached hydrogens (tertiary/aromatic N) is 3. The van der Waals surface area contributed by atoms with Gasteiger partial charge in [0.15, 0.2) is 5.82 Å². The number of carbonyl (C=O) groups is 1. The third-order valence-electron chi connectivity index (χ3n) is 4.72. The summed E-state index contributed by atoms with van der Waals surface area (Å²) < 4.78 is 7.23. The maximum absolute atomic E-state index is 12.6. The van der Waals surface area contributed by atoms with Crippen LogP contribution in [-0.2, 0) is 11.3 Å². The van der Waals surface area contributed by atoms with Gasteiger partial charge >= 0.3 is 0 Å². The van der Waals surface area contributed by atoms with Crippen molar-refractivity contribution >= 4 is 11.7 Å². The molecule has 7 heteroatoms. The molecular weight excluding hydrogens is 318 g/mol. The summed E-state index contributed by atoms with van der Waals surface area (Å²) in [6.07, 6.45) is 9.02. The molecular formula is C18H27N5O2. The van der Waals surface area contributed by atoms with E-state index in [4.69, 9.17) is 4.52 Å². The lowest BCUT2D eigenvalue weighted by molar-refractivity contribution is -0.118. The van der Waals surface area contributed by atoms with Crippen molar-refractivity contribution in [1.82, 2.24) is 20.0 Å². The van der Waals surface area contributed by atoms with Crippen LogP contribution >= 0.6 is 0 Å². The zero-order chi connectivity index (χ0) is 17.6. The molecule has 0 saturated carbocycles. The number of anilines is 1. The Kier molecular flexibility index (Phi) is 5.86. The molecule has 0 bridgehead atoms. The number of unbranched alkanes of at least 4 members (excludes halogenated alkanes) is 1. The fourth-order valence-corrected chi connectivity index (χ4v) is 3.36. The molecule has 0 saturated heterocycles. The number of amides is 1. The number of imidazole rings is 1. The van der Waals surface area contributed by atoms with E-state index in [9.17, 15) is 4.79 Å². The first kappa shape index (κ1) is 17.7. The lowest BCUT2D eigenvalue weighted by atomic mass is 9.98. The van der Waals surface area contributed by atoms with Crippen LogP contribution in [0.2, 0.25) is 0 Å². The standard InChI is InChI=1S/C18H27N5O2/c1-3-4-7-15(18(24)21-16-11-13(2)25-22-16)20-12-14-6-5-9-23-10-8-19-17(14)23/h8,10-11,14-15,20H,3-7,9,12H2,1-2H3,(H,21,22,24)/t14-,15+/m1/s1. The van der Waals surface area contributed by atoms with Gasteiger partial charge in [0.25, 0.3) is 0 Å². The summed E-state index contributed by atoms with van der Waals surface area (Å²) in [5.41, 5.74) is 0. The Labute approximate surface area is 148 Å². The maximum atomic E-state index is 12.6. The summed E-state index contributed by atoms with van der Waals surface area (Å²) >= 11 is 0. The molecule has 0 fully saturated rings. The van der Waals surface area contributed by atoms with E-state index in [0.29, 0.717) is 17.5 Å². The molecule has 25 heavy (non-hydrogen) atoms. The second kappa shape index (κ2) is 8.29. The molecule has 0 aliphatic carbocycles. The quantitative estimate of drug-likeness (QED) is 0.768. The Morgan fingerprint density at radius 1 is 1.52 bits per heavy atom. The van der Waals surface area contributed by atoms with Crippen LogP contribution in [0, 0.1) is 6.92 Å². The molecule has 0 aromatic carbocycles. The molecule has 7 nitrogen and oxygen atoms in total. The van der Waals surface area contributed by atoms with E-state index in [0.717, 1.165) is 51.0 Å². The molecule has 1 aliphatic heterocycles. The molecule has 136 valence electrons. The van der Waals surface area contributed by atoms with Gasteiger partial charge in [0.05, 0.1) is 6.04 Å². The van der Waals surface area contributed by atoms with E-state index in [1.165, 1.54) is 0 Å². The highest BCUT2D eigenvalue weighted by Gasteiger charge is 2.24. The SMILES string of the molecule is CCCC[C@H](NC[C@H]1CCCn2ccnc21)C(=O)Nc1cc(C)on1. The number of nitrogens with one attached hydrogen (secondary N) is 2. The Balaban J connectivity index is 1.60. The molecule has 3 rings (SSSR count). The van der Waals surface area contributed by atoms with E-state index in [1.807, 2.05) is 12.4 Å². The molecule has 2 aromatic rings. The van der Waals surface area contributed by atoms with Gasteiger partial charge in [-0.05, 0) is 26.2 Å². The zero-order valence-corrected chi connectivity index (χ0v) is 15.0. The number of aromatic nitrogens is 3. The van der Waals surface area contributed by atoms with Gasteiger partial charge in [0, 0.05) is 37.5 Å². The van der Waals surface area contributed by atoms with Gasteiger partial charge in [-0.15, -0.1) is 0 Å². The van der Waals surface area contributed by atoms with Gasteiger partial charge in [0.2, 0.25) is 5.91 Å². The molecule has 0 unspecified atom stereocenters. The van der Waals surface area contributed by atoms with E-state index in [1.54, 1.807) is 13.0 Å². The smallest absolute Gasteiger partial charge is 0.242 e. The molecule has 2 N–H and O–H groups in total.